The van der Waals surface area contributed by atoms with Crippen molar-refractivity contribution in [1.29, 1.82) is 0 Å². The highest BCUT2D eigenvalue weighted by molar-refractivity contribution is 6.02. The molecule has 2 aliphatic rings. The van der Waals surface area contributed by atoms with Crippen molar-refractivity contribution >= 4 is 59.2 Å². The van der Waals surface area contributed by atoms with E-state index in [2.05, 4.69) is 10.2 Å². The number of ketones is 1. The number of carbonyl (C=O) groups is 10. The average Bonchev–Trinajstić information content (AvgIpc) is 3.44. The molecule has 2 fully saturated rings. The molecule has 0 aromatic carbocycles. The Morgan fingerprint density at radius 3 is 1.55 bits per heavy atom. The smallest absolute Gasteiger partial charge is 0.333 e. The largest absolute Gasteiger partial charge is 0.481 e. The summed E-state index contributed by atoms with van der Waals surface area (Å²) in [6.07, 6.45) is -0.177. The Balaban J connectivity index is 1.60. The third-order valence-electron chi connectivity index (χ3n) is 6.80. The van der Waals surface area contributed by atoms with Gasteiger partial charge in [-0.15, -0.1) is 10.1 Å². The van der Waals surface area contributed by atoms with Crippen LogP contribution in [0.15, 0.2) is 0 Å². The number of rotatable bonds is 20. The Kier molecular flexibility index (Phi) is 14.1. The summed E-state index contributed by atoms with van der Waals surface area (Å²) >= 11 is 0. The normalized spacial score (nSPS) is 16.1. The third kappa shape index (κ3) is 11.9. The molecule has 2 atom stereocenters. The lowest BCUT2D eigenvalue weighted by atomic mass is 9.95. The van der Waals surface area contributed by atoms with Gasteiger partial charge in [-0.05, 0) is 25.7 Å². The van der Waals surface area contributed by atoms with Crippen LogP contribution in [-0.4, -0.2) is 85.6 Å². The van der Waals surface area contributed by atoms with Crippen LogP contribution < -0.4 is 5.32 Å². The average molecular weight is 626 g/mol. The Morgan fingerprint density at radius 1 is 0.636 bits per heavy atom. The van der Waals surface area contributed by atoms with Crippen LogP contribution in [0.4, 0.5) is 0 Å². The van der Waals surface area contributed by atoms with E-state index < -0.39 is 78.2 Å². The minimum Gasteiger partial charge on any atom is -0.481 e. The summed E-state index contributed by atoms with van der Waals surface area (Å²) in [4.78, 5) is 127. The topological polar surface area (TPSA) is 248 Å². The van der Waals surface area contributed by atoms with Crippen molar-refractivity contribution < 1.29 is 67.8 Å². The van der Waals surface area contributed by atoms with Crippen LogP contribution in [0.3, 0.4) is 0 Å². The van der Waals surface area contributed by atoms with Crippen LogP contribution in [0, 0.1) is 5.92 Å². The number of carboxylic acid groups (broad SMARTS) is 2. The molecule has 0 spiro atoms. The third-order valence-corrected chi connectivity index (χ3v) is 6.80. The van der Waals surface area contributed by atoms with Crippen LogP contribution >= 0.6 is 0 Å². The molecule has 0 radical (unpaired) electrons. The minimum absolute atomic E-state index is 0.0231. The van der Waals surface area contributed by atoms with Crippen LogP contribution in [-0.2, 0) is 57.6 Å². The van der Waals surface area contributed by atoms with Gasteiger partial charge in [-0.3, -0.25) is 33.6 Å². The van der Waals surface area contributed by atoms with E-state index >= 15 is 0 Å². The number of carbonyl (C=O) groups excluding carboxylic acids is 8. The fourth-order valence-corrected chi connectivity index (χ4v) is 4.34. The molecule has 242 valence electrons. The second-order valence-electron chi connectivity index (χ2n) is 10.3. The lowest BCUT2D eigenvalue weighted by Crippen LogP contribution is -2.41. The second-order valence-corrected chi connectivity index (χ2v) is 10.3. The standard InChI is InChI=1S/C27H35N3O14/c31-17(15-16(26(39)40)7-13-24(37)43-29-20(33)9-10-21(29)34)5-3-1-2-4-6-19(32)28-18(27(41)42)8-14-25(38)44-30-22(35)11-12-23(30)36/h16,18H,1-15H2,(H,28,32)(H,39,40)(H,41,42)/t16-,18+/m1/s1. The first-order valence-corrected chi connectivity index (χ1v) is 14.2. The van der Waals surface area contributed by atoms with E-state index in [1.165, 1.54) is 0 Å². The molecule has 0 aliphatic carbocycles. The Bertz CT molecular complexity index is 1060. The van der Waals surface area contributed by atoms with Gasteiger partial charge < -0.3 is 25.2 Å². The number of hydrogen-bond acceptors (Lipinski definition) is 12. The molecule has 17 nitrogen and oxygen atoms in total. The Hall–Kier alpha value is -4.70. The van der Waals surface area contributed by atoms with E-state index in [0.717, 1.165) is 0 Å². The number of unbranched alkanes of at least 4 members (excludes halogenated alkanes) is 3. The zero-order valence-corrected chi connectivity index (χ0v) is 23.9. The van der Waals surface area contributed by atoms with Gasteiger partial charge in [0.1, 0.15) is 11.8 Å². The number of aliphatic carboxylic acids is 2. The number of carboxylic acids is 2. The predicted octanol–water partition coefficient (Wildman–Crippen LogP) is 0.331. The number of nitrogens with one attached hydrogen (secondary N) is 1. The second kappa shape index (κ2) is 17.4. The molecular weight excluding hydrogens is 590 g/mol. The molecule has 44 heavy (non-hydrogen) atoms. The van der Waals surface area contributed by atoms with E-state index in [0.29, 0.717) is 35.8 Å². The maximum atomic E-state index is 12.3. The molecule has 3 N–H and O–H groups in total. The maximum Gasteiger partial charge on any atom is 0.333 e. The first kappa shape index (κ1) is 35.5. The highest BCUT2D eigenvalue weighted by Gasteiger charge is 2.34. The van der Waals surface area contributed by atoms with Gasteiger partial charge in [0.15, 0.2) is 0 Å². The fourth-order valence-electron chi connectivity index (χ4n) is 4.34. The minimum atomic E-state index is -1.40. The van der Waals surface area contributed by atoms with E-state index in [4.69, 9.17) is 4.84 Å². The van der Waals surface area contributed by atoms with E-state index in [1.807, 2.05) is 0 Å². The molecule has 0 unspecified atom stereocenters. The highest BCUT2D eigenvalue weighted by atomic mass is 16.7. The lowest BCUT2D eigenvalue weighted by Gasteiger charge is -2.16. The number of Topliss-reactive ketones (excluding diaryl/α,β-unsaturated/α-hetero) is 1. The molecule has 0 bridgehead atoms. The van der Waals surface area contributed by atoms with E-state index in [9.17, 15) is 58.2 Å². The summed E-state index contributed by atoms with van der Waals surface area (Å²) in [5, 5.41) is 21.7. The van der Waals surface area contributed by atoms with Gasteiger partial charge in [0.05, 0.1) is 12.3 Å². The lowest BCUT2D eigenvalue weighted by molar-refractivity contribution is -0.197. The summed E-state index contributed by atoms with van der Waals surface area (Å²) in [5.41, 5.74) is 0. The number of hydrogen-bond donors (Lipinski definition) is 3. The zero-order valence-electron chi connectivity index (χ0n) is 23.9. The highest BCUT2D eigenvalue weighted by Crippen LogP contribution is 2.18. The predicted molar refractivity (Wildman–Crippen MR) is 141 cm³/mol. The van der Waals surface area contributed by atoms with Crippen LogP contribution in [0.25, 0.3) is 0 Å². The number of nitrogens with zero attached hydrogens (tertiary/aromatic N) is 2. The van der Waals surface area contributed by atoms with Crippen molar-refractivity contribution in [3.05, 3.63) is 0 Å². The fraction of sp³-hybridized carbons (Fsp3) is 0.630. The van der Waals surface area contributed by atoms with Gasteiger partial charge >= 0.3 is 23.9 Å². The molecule has 2 heterocycles. The van der Waals surface area contributed by atoms with Crippen molar-refractivity contribution in [3.8, 4) is 0 Å². The van der Waals surface area contributed by atoms with Gasteiger partial charge in [0, 0.05) is 51.4 Å². The van der Waals surface area contributed by atoms with Crippen molar-refractivity contribution in [2.75, 3.05) is 0 Å². The molecule has 2 aliphatic heterocycles. The van der Waals surface area contributed by atoms with Crippen LogP contribution in [0.5, 0.6) is 0 Å². The molecular formula is C27H35N3O14. The Labute approximate surface area is 251 Å². The summed E-state index contributed by atoms with van der Waals surface area (Å²) in [6.45, 7) is 0. The first-order chi connectivity index (χ1) is 20.8. The summed E-state index contributed by atoms with van der Waals surface area (Å²) in [7, 11) is 0. The molecule has 2 rings (SSSR count). The van der Waals surface area contributed by atoms with Crippen molar-refractivity contribution in [2.24, 2.45) is 5.92 Å². The van der Waals surface area contributed by atoms with Crippen molar-refractivity contribution in [3.63, 3.8) is 0 Å². The number of amides is 5. The summed E-state index contributed by atoms with van der Waals surface area (Å²) < 4.78 is 0. The summed E-state index contributed by atoms with van der Waals surface area (Å²) in [5.74, 6) is -9.35. The zero-order chi connectivity index (χ0) is 32.8. The van der Waals surface area contributed by atoms with Crippen molar-refractivity contribution in [2.45, 2.75) is 102 Å². The Morgan fingerprint density at radius 2 is 1.09 bits per heavy atom. The van der Waals surface area contributed by atoms with Gasteiger partial charge in [0.2, 0.25) is 5.91 Å². The molecule has 5 amide bonds. The van der Waals surface area contributed by atoms with Gasteiger partial charge in [-0.25, -0.2) is 14.4 Å². The van der Waals surface area contributed by atoms with Gasteiger partial charge in [-0.2, -0.15) is 0 Å². The van der Waals surface area contributed by atoms with Crippen LogP contribution in [0.2, 0.25) is 0 Å². The van der Waals surface area contributed by atoms with Crippen molar-refractivity contribution in [1.82, 2.24) is 15.4 Å². The van der Waals surface area contributed by atoms with E-state index in [1.54, 1.807) is 0 Å². The van der Waals surface area contributed by atoms with Gasteiger partial charge in [0.25, 0.3) is 23.6 Å². The molecule has 0 aromatic heterocycles. The van der Waals surface area contributed by atoms with E-state index in [-0.39, 0.29) is 63.6 Å². The molecule has 2 saturated heterocycles. The maximum absolute atomic E-state index is 12.3. The van der Waals surface area contributed by atoms with Crippen LogP contribution in [0.1, 0.15) is 96.3 Å². The summed E-state index contributed by atoms with van der Waals surface area (Å²) in [6, 6.07) is -1.40. The quantitative estimate of drug-likeness (QED) is 0.122. The molecule has 0 saturated carbocycles. The molecule has 0 aromatic rings. The molecule has 17 heteroatoms. The van der Waals surface area contributed by atoms with Gasteiger partial charge in [-0.1, -0.05) is 12.8 Å². The number of imide groups is 2. The SMILES string of the molecule is O=C(CCCCCCC(=O)N[C@@H](CCC(=O)ON1C(=O)CCC1=O)C(=O)O)C[C@@H](CCC(=O)ON1C(=O)CCC1=O)C(=O)O. The monoisotopic (exact) mass is 625 g/mol. The number of hydroxylamine groups is 4. The first-order valence-electron chi connectivity index (χ1n) is 14.2.